The molecular weight excluding hydrogens is 557 g/mol. The quantitative estimate of drug-likeness (QED) is 0.269. The van der Waals surface area contributed by atoms with Gasteiger partial charge in [-0.25, -0.2) is 8.42 Å². The van der Waals surface area contributed by atoms with Crippen LogP contribution in [0, 0.1) is 6.92 Å². The molecule has 0 spiro atoms. The van der Waals surface area contributed by atoms with Gasteiger partial charge in [-0.15, -0.1) is 0 Å². The van der Waals surface area contributed by atoms with Gasteiger partial charge >= 0.3 is 0 Å². The molecule has 0 saturated carbocycles. The van der Waals surface area contributed by atoms with Gasteiger partial charge in [0.05, 0.1) is 10.6 Å². The van der Waals surface area contributed by atoms with Crippen molar-refractivity contribution in [1.29, 1.82) is 0 Å². The van der Waals surface area contributed by atoms with Crippen LogP contribution in [0.3, 0.4) is 0 Å². The van der Waals surface area contributed by atoms with E-state index in [0.29, 0.717) is 27.8 Å². The van der Waals surface area contributed by atoms with Crippen molar-refractivity contribution in [2.45, 2.75) is 51.1 Å². The SMILES string of the molecule is CCCCNC(=O)[C@H](C)N(Cc1c(Cl)cccc1Cl)C(=O)CN(c1ccccc1)S(=O)(=O)c1ccc(C)cc1. The fraction of sp³-hybridized carbons (Fsp3) is 0.310. The molecule has 0 unspecified atom stereocenters. The summed E-state index contributed by atoms with van der Waals surface area (Å²) >= 11 is 12.8. The molecule has 0 aliphatic rings. The van der Waals surface area contributed by atoms with E-state index < -0.39 is 28.5 Å². The van der Waals surface area contributed by atoms with E-state index in [9.17, 15) is 18.0 Å². The minimum Gasteiger partial charge on any atom is -0.354 e. The van der Waals surface area contributed by atoms with Crippen molar-refractivity contribution in [2.75, 3.05) is 17.4 Å². The Labute approximate surface area is 240 Å². The summed E-state index contributed by atoms with van der Waals surface area (Å²) in [5, 5.41) is 3.53. The van der Waals surface area contributed by atoms with Crippen LogP contribution in [0.15, 0.2) is 77.7 Å². The topological polar surface area (TPSA) is 86.8 Å². The average Bonchev–Trinajstić information content (AvgIpc) is 2.92. The highest BCUT2D eigenvalue weighted by atomic mass is 35.5. The Bertz CT molecular complexity index is 1360. The smallest absolute Gasteiger partial charge is 0.264 e. The summed E-state index contributed by atoms with van der Waals surface area (Å²) in [6, 6.07) is 18.9. The van der Waals surface area contributed by atoms with Crippen LogP contribution in [-0.4, -0.2) is 44.3 Å². The van der Waals surface area contributed by atoms with Crippen molar-refractivity contribution in [2.24, 2.45) is 0 Å². The van der Waals surface area contributed by atoms with Gasteiger partial charge < -0.3 is 10.2 Å². The van der Waals surface area contributed by atoms with E-state index in [0.717, 1.165) is 22.7 Å². The number of anilines is 1. The maximum atomic E-state index is 13.9. The largest absolute Gasteiger partial charge is 0.354 e. The van der Waals surface area contributed by atoms with Gasteiger partial charge in [-0.2, -0.15) is 0 Å². The molecule has 7 nitrogen and oxygen atoms in total. The second kappa shape index (κ2) is 13.8. The van der Waals surface area contributed by atoms with Gasteiger partial charge in [-0.3, -0.25) is 13.9 Å². The summed E-state index contributed by atoms with van der Waals surface area (Å²) in [4.78, 5) is 28.3. The van der Waals surface area contributed by atoms with Gasteiger partial charge in [-0.1, -0.05) is 78.5 Å². The zero-order valence-corrected chi connectivity index (χ0v) is 24.6. The van der Waals surface area contributed by atoms with Crippen LogP contribution in [0.2, 0.25) is 10.0 Å². The van der Waals surface area contributed by atoms with E-state index in [1.54, 1.807) is 67.6 Å². The van der Waals surface area contributed by atoms with Crippen LogP contribution in [0.25, 0.3) is 0 Å². The van der Waals surface area contributed by atoms with Crippen molar-refractivity contribution in [3.8, 4) is 0 Å². The first-order valence-electron chi connectivity index (χ1n) is 12.7. The number of nitrogens with one attached hydrogen (secondary N) is 1. The Morgan fingerprint density at radius 2 is 1.54 bits per heavy atom. The van der Waals surface area contributed by atoms with E-state index in [2.05, 4.69) is 5.32 Å². The summed E-state index contributed by atoms with van der Waals surface area (Å²) in [6.45, 7) is 5.33. The summed E-state index contributed by atoms with van der Waals surface area (Å²) in [7, 11) is -4.12. The number of rotatable bonds is 12. The number of unbranched alkanes of at least 4 members (excludes halogenated alkanes) is 1. The Hall–Kier alpha value is -3.07. The maximum Gasteiger partial charge on any atom is 0.264 e. The third-order valence-corrected chi connectivity index (χ3v) is 8.82. The molecular formula is C29H33Cl2N3O4S. The second-order valence-electron chi connectivity index (χ2n) is 9.20. The standard InChI is InChI=1S/C29H33Cl2N3O4S/c1-4-5-18-32-29(36)22(3)33(19-25-26(30)12-9-13-27(25)31)28(35)20-34(23-10-7-6-8-11-23)39(37,38)24-16-14-21(2)15-17-24/h6-17,22H,4-5,18-20H2,1-3H3,(H,32,36)/t22-/m0/s1. The molecule has 0 aliphatic carbocycles. The van der Waals surface area contributed by atoms with E-state index in [1.807, 2.05) is 13.8 Å². The Balaban J connectivity index is 2.01. The summed E-state index contributed by atoms with van der Waals surface area (Å²) in [6.07, 6.45) is 1.69. The Kier molecular flexibility index (Phi) is 10.8. The second-order valence-corrected chi connectivity index (χ2v) is 11.9. The maximum absolute atomic E-state index is 13.9. The molecule has 0 radical (unpaired) electrons. The molecule has 1 atom stereocenters. The minimum atomic E-state index is -4.12. The molecule has 0 bridgehead atoms. The van der Waals surface area contributed by atoms with E-state index >= 15 is 0 Å². The number of hydrogen-bond acceptors (Lipinski definition) is 4. The van der Waals surface area contributed by atoms with Crippen molar-refractivity contribution in [3.05, 3.63) is 94.0 Å². The van der Waals surface area contributed by atoms with Crippen molar-refractivity contribution in [3.63, 3.8) is 0 Å². The first-order valence-corrected chi connectivity index (χ1v) is 14.9. The summed E-state index contributed by atoms with van der Waals surface area (Å²) in [5.41, 5.74) is 1.69. The van der Waals surface area contributed by atoms with Crippen LogP contribution < -0.4 is 9.62 Å². The average molecular weight is 591 g/mol. The lowest BCUT2D eigenvalue weighted by molar-refractivity contribution is -0.139. The van der Waals surface area contributed by atoms with Gasteiger partial charge in [0, 0.05) is 28.7 Å². The zero-order valence-electron chi connectivity index (χ0n) is 22.2. The Morgan fingerprint density at radius 3 is 2.13 bits per heavy atom. The lowest BCUT2D eigenvalue weighted by Crippen LogP contribution is -2.51. The fourth-order valence-electron chi connectivity index (χ4n) is 3.93. The molecule has 208 valence electrons. The number of benzene rings is 3. The molecule has 0 aromatic heterocycles. The van der Waals surface area contributed by atoms with Gasteiger partial charge in [0.15, 0.2) is 0 Å². The van der Waals surface area contributed by atoms with E-state index in [1.165, 1.54) is 17.0 Å². The van der Waals surface area contributed by atoms with Gasteiger partial charge in [0.1, 0.15) is 12.6 Å². The number of aryl methyl sites for hydroxylation is 1. The number of para-hydroxylation sites is 1. The van der Waals surface area contributed by atoms with Gasteiger partial charge in [0.25, 0.3) is 10.0 Å². The highest BCUT2D eigenvalue weighted by molar-refractivity contribution is 7.92. The molecule has 1 N–H and O–H groups in total. The van der Waals surface area contributed by atoms with Gasteiger partial charge in [0.2, 0.25) is 11.8 Å². The normalized spacial score (nSPS) is 12.0. The van der Waals surface area contributed by atoms with Crippen LogP contribution in [0.4, 0.5) is 5.69 Å². The highest BCUT2D eigenvalue weighted by Crippen LogP contribution is 2.28. The van der Waals surface area contributed by atoms with Crippen molar-refractivity contribution >= 4 is 50.7 Å². The number of carbonyl (C=O) groups excluding carboxylic acids is 2. The predicted octanol–water partition coefficient (Wildman–Crippen LogP) is 5.83. The molecule has 3 aromatic carbocycles. The molecule has 0 saturated heterocycles. The lowest BCUT2D eigenvalue weighted by Gasteiger charge is -2.32. The fourth-order valence-corrected chi connectivity index (χ4v) is 5.86. The summed E-state index contributed by atoms with van der Waals surface area (Å²) in [5.74, 6) is -0.934. The first kappa shape index (κ1) is 30.5. The molecule has 39 heavy (non-hydrogen) atoms. The minimum absolute atomic E-state index is 0.0517. The highest BCUT2D eigenvalue weighted by Gasteiger charge is 2.33. The third kappa shape index (κ3) is 7.75. The third-order valence-electron chi connectivity index (χ3n) is 6.32. The molecule has 0 aliphatic heterocycles. The van der Waals surface area contributed by atoms with Crippen molar-refractivity contribution < 1.29 is 18.0 Å². The lowest BCUT2D eigenvalue weighted by atomic mass is 10.1. The number of hydrogen-bond donors (Lipinski definition) is 1. The van der Waals surface area contributed by atoms with Crippen LogP contribution in [0.1, 0.15) is 37.8 Å². The summed E-state index contributed by atoms with van der Waals surface area (Å²) < 4.78 is 28.6. The Morgan fingerprint density at radius 1 is 0.923 bits per heavy atom. The molecule has 3 aromatic rings. The molecule has 2 amide bonds. The van der Waals surface area contributed by atoms with Crippen LogP contribution >= 0.6 is 23.2 Å². The molecule has 0 fully saturated rings. The monoisotopic (exact) mass is 589 g/mol. The molecule has 0 heterocycles. The molecule has 3 rings (SSSR count). The number of nitrogens with zero attached hydrogens (tertiary/aromatic N) is 2. The van der Waals surface area contributed by atoms with Crippen molar-refractivity contribution in [1.82, 2.24) is 10.2 Å². The van der Waals surface area contributed by atoms with Gasteiger partial charge in [-0.05, 0) is 56.7 Å². The molecule has 10 heteroatoms. The zero-order chi connectivity index (χ0) is 28.6. The number of carbonyl (C=O) groups is 2. The number of sulfonamides is 1. The predicted molar refractivity (Wildman–Crippen MR) is 157 cm³/mol. The first-order chi connectivity index (χ1) is 18.6. The van der Waals surface area contributed by atoms with E-state index in [-0.39, 0.29) is 17.3 Å². The van der Waals surface area contributed by atoms with E-state index in [4.69, 9.17) is 23.2 Å². The van der Waals surface area contributed by atoms with Crippen LogP contribution in [-0.2, 0) is 26.2 Å². The van der Waals surface area contributed by atoms with Crippen LogP contribution in [0.5, 0.6) is 0 Å². The number of amides is 2. The number of halogens is 2.